The van der Waals surface area contributed by atoms with Crippen LogP contribution in [-0.2, 0) is 14.8 Å². The van der Waals surface area contributed by atoms with E-state index in [1.54, 1.807) is 7.11 Å². The van der Waals surface area contributed by atoms with Crippen molar-refractivity contribution in [2.24, 2.45) is 0 Å². The lowest BCUT2D eigenvalue weighted by atomic mass is 10.2. The smallest absolute Gasteiger partial charge is 0.251 e. The summed E-state index contributed by atoms with van der Waals surface area (Å²) in [6.45, 7) is 1.77. The Morgan fingerprint density at radius 3 is 2.36 bits per heavy atom. The molecule has 0 saturated heterocycles. The number of hydrogen-bond acceptors (Lipinski definition) is 5. The summed E-state index contributed by atoms with van der Waals surface area (Å²) in [4.78, 5) is 13.8. The van der Waals surface area contributed by atoms with Crippen LogP contribution < -0.4 is 10.0 Å². The van der Waals surface area contributed by atoms with E-state index in [4.69, 9.17) is 4.74 Å². The van der Waals surface area contributed by atoms with Gasteiger partial charge < -0.3 is 15.0 Å². The number of likely N-dealkylation sites (N-methyl/N-ethyl adjacent to an activating group) is 1. The van der Waals surface area contributed by atoms with Crippen molar-refractivity contribution in [1.29, 1.82) is 0 Å². The lowest BCUT2D eigenvalue weighted by molar-refractivity contribution is 0.0937. The van der Waals surface area contributed by atoms with Gasteiger partial charge in [-0.3, -0.25) is 4.79 Å². The number of carbonyl (C=O) groups is 1. The maximum absolute atomic E-state index is 12.1. The van der Waals surface area contributed by atoms with Crippen molar-refractivity contribution in [2.75, 3.05) is 47.4 Å². The van der Waals surface area contributed by atoms with E-state index in [1.165, 1.54) is 24.3 Å². The van der Waals surface area contributed by atoms with Gasteiger partial charge in [0.2, 0.25) is 10.0 Å². The van der Waals surface area contributed by atoms with Gasteiger partial charge in [-0.1, -0.05) is 0 Å². The Labute approximate surface area is 131 Å². The van der Waals surface area contributed by atoms with Gasteiger partial charge in [-0.25, -0.2) is 13.1 Å². The summed E-state index contributed by atoms with van der Waals surface area (Å²) in [6.07, 6.45) is 0. The van der Waals surface area contributed by atoms with Crippen molar-refractivity contribution >= 4 is 15.9 Å². The molecular weight excluding hydrogens is 306 g/mol. The molecule has 0 aliphatic rings. The fourth-order valence-electron chi connectivity index (χ4n) is 1.64. The molecule has 2 N–H and O–H groups in total. The fourth-order valence-corrected chi connectivity index (χ4v) is 2.66. The number of methoxy groups -OCH3 is 1. The molecule has 8 heteroatoms. The number of carbonyl (C=O) groups excluding carboxylic acids is 1. The second kappa shape index (κ2) is 8.84. The van der Waals surface area contributed by atoms with Crippen LogP contribution in [0.25, 0.3) is 0 Å². The summed E-state index contributed by atoms with van der Waals surface area (Å²) in [7, 11) is 1.74. The van der Waals surface area contributed by atoms with Crippen molar-refractivity contribution in [3.63, 3.8) is 0 Å². The Morgan fingerprint density at radius 2 is 1.82 bits per heavy atom. The summed E-state index contributed by atoms with van der Waals surface area (Å²) in [5, 5.41) is 2.67. The highest BCUT2D eigenvalue weighted by Crippen LogP contribution is 2.10. The van der Waals surface area contributed by atoms with Crippen LogP contribution >= 0.6 is 0 Å². The van der Waals surface area contributed by atoms with E-state index in [-0.39, 0.29) is 10.8 Å². The molecule has 0 bridgehead atoms. The molecule has 1 rings (SSSR count). The first-order chi connectivity index (χ1) is 10.4. The van der Waals surface area contributed by atoms with Crippen LogP contribution in [0.2, 0.25) is 0 Å². The minimum Gasteiger partial charge on any atom is -0.383 e. The average Bonchev–Trinajstić information content (AvgIpc) is 2.47. The maximum Gasteiger partial charge on any atom is 0.251 e. The second-order valence-electron chi connectivity index (χ2n) is 4.97. The van der Waals surface area contributed by atoms with Crippen molar-refractivity contribution in [1.82, 2.24) is 14.9 Å². The molecule has 0 atom stereocenters. The zero-order valence-corrected chi connectivity index (χ0v) is 13.9. The lowest BCUT2D eigenvalue weighted by Gasteiger charge is -2.11. The normalized spacial score (nSPS) is 11.6. The molecule has 0 heterocycles. The third-order valence-corrected chi connectivity index (χ3v) is 4.35. The van der Waals surface area contributed by atoms with Crippen molar-refractivity contribution in [3.05, 3.63) is 29.8 Å². The summed E-state index contributed by atoms with van der Waals surface area (Å²) in [5.74, 6) is -0.262. The van der Waals surface area contributed by atoms with Crippen molar-refractivity contribution in [3.8, 4) is 0 Å². The summed E-state index contributed by atoms with van der Waals surface area (Å²) < 4.78 is 31.5. The van der Waals surface area contributed by atoms with Crippen molar-refractivity contribution < 1.29 is 17.9 Å². The predicted octanol–water partition coefficient (Wildman–Crippen LogP) is -0.0973. The summed E-state index contributed by atoms with van der Waals surface area (Å²) in [5.41, 5.74) is 0.406. The van der Waals surface area contributed by atoms with Gasteiger partial charge in [0.15, 0.2) is 0 Å². The second-order valence-corrected chi connectivity index (χ2v) is 6.74. The highest BCUT2D eigenvalue weighted by atomic mass is 32.2. The topological polar surface area (TPSA) is 87.7 Å². The van der Waals surface area contributed by atoms with Gasteiger partial charge in [0.1, 0.15) is 0 Å². The molecular formula is C14H23N3O4S. The Bertz CT molecular complexity index is 570. The standard InChI is InChI=1S/C14H23N3O4S/c1-17(2)10-8-16-22(19,20)13-6-4-12(5-7-13)14(18)15-9-11-21-3/h4-7,16H,8-11H2,1-3H3,(H,15,18). The largest absolute Gasteiger partial charge is 0.383 e. The molecule has 7 nitrogen and oxygen atoms in total. The number of rotatable bonds is 9. The summed E-state index contributed by atoms with van der Waals surface area (Å²) >= 11 is 0. The zero-order chi connectivity index (χ0) is 16.6. The Balaban J connectivity index is 2.65. The number of hydrogen-bond donors (Lipinski definition) is 2. The predicted molar refractivity (Wildman–Crippen MR) is 84.4 cm³/mol. The van der Waals surface area contributed by atoms with Crippen LogP contribution in [0.3, 0.4) is 0 Å². The molecule has 0 aliphatic heterocycles. The average molecular weight is 329 g/mol. The minimum atomic E-state index is -3.55. The first kappa shape index (κ1) is 18.6. The Hall–Kier alpha value is -1.48. The van der Waals surface area contributed by atoms with Crippen LogP contribution in [0.5, 0.6) is 0 Å². The number of benzene rings is 1. The van der Waals surface area contributed by atoms with Gasteiger partial charge in [-0.2, -0.15) is 0 Å². The number of sulfonamides is 1. The van der Waals surface area contributed by atoms with Gasteiger partial charge in [0.05, 0.1) is 11.5 Å². The fraction of sp³-hybridized carbons (Fsp3) is 0.500. The lowest BCUT2D eigenvalue weighted by Crippen LogP contribution is -2.31. The number of ether oxygens (including phenoxy) is 1. The van der Waals surface area contributed by atoms with E-state index in [9.17, 15) is 13.2 Å². The number of nitrogens with zero attached hydrogens (tertiary/aromatic N) is 1. The third-order valence-electron chi connectivity index (χ3n) is 2.87. The first-order valence-electron chi connectivity index (χ1n) is 6.88. The van der Waals surface area contributed by atoms with Crippen LogP contribution in [-0.4, -0.2) is 66.7 Å². The quantitative estimate of drug-likeness (QED) is 0.618. The zero-order valence-electron chi connectivity index (χ0n) is 13.1. The Morgan fingerprint density at radius 1 is 1.18 bits per heavy atom. The molecule has 0 radical (unpaired) electrons. The van der Waals surface area contributed by atoms with E-state index >= 15 is 0 Å². The first-order valence-corrected chi connectivity index (χ1v) is 8.36. The minimum absolute atomic E-state index is 0.139. The Kier molecular flexibility index (Phi) is 7.46. The van der Waals surface area contributed by atoms with Crippen LogP contribution in [0, 0.1) is 0 Å². The van der Waals surface area contributed by atoms with Crippen LogP contribution in [0.4, 0.5) is 0 Å². The van der Waals surface area contributed by atoms with E-state index in [1.807, 2.05) is 19.0 Å². The van der Waals surface area contributed by atoms with E-state index < -0.39 is 10.0 Å². The van der Waals surface area contributed by atoms with Gasteiger partial charge in [-0.05, 0) is 38.4 Å². The van der Waals surface area contributed by atoms with E-state index in [2.05, 4.69) is 10.0 Å². The highest BCUT2D eigenvalue weighted by molar-refractivity contribution is 7.89. The van der Waals surface area contributed by atoms with Gasteiger partial charge in [0, 0.05) is 32.3 Å². The molecule has 0 spiro atoms. The molecule has 0 unspecified atom stereocenters. The molecule has 1 amide bonds. The van der Waals surface area contributed by atoms with Crippen LogP contribution in [0.15, 0.2) is 29.2 Å². The molecule has 1 aromatic rings. The van der Waals surface area contributed by atoms with Crippen molar-refractivity contribution in [2.45, 2.75) is 4.90 Å². The molecule has 22 heavy (non-hydrogen) atoms. The van der Waals surface area contributed by atoms with E-state index in [0.29, 0.717) is 31.8 Å². The monoisotopic (exact) mass is 329 g/mol. The van der Waals surface area contributed by atoms with Crippen LogP contribution in [0.1, 0.15) is 10.4 Å². The third kappa shape index (κ3) is 6.10. The maximum atomic E-state index is 12.1. The number of amides is 1. The van der Waals surface area contributed by atoms with Gasteiger partial charge in [-0.15, -0.1) is 0 Å². The highest BCUT2D eigenvalue weighted by Gasteiger charge is 2.14. The molecule has 124 valence electrons. The molecule has 0 saturated carbocycles. The SMILES string of the molecule is COCCNC(=O)c1ccc(S(=O)(=O)NCCN(C)C)cc1. The van der Waals surface area contributed by atoms with Gasteiger partial charge >= 0.3 is 0 Å². The van der Waals surface area contributed by atoms with Gasteiger partial charge in [0.25, 0.3) is 5.91 Å². The molecule has 0 fully saturated rings. The number of nitrogens with one attached hydrogen (secondary N) is 2. The molecule has 0 aromatic heterocycles. The molecule has 0 aliphatic carbocycles. The summed E-state index contributed by atoms with van der Waals surface area (Å²) in [6, 6.07) is 5.82. The molecule has 1 aromatic carbocycles. The van der Waals surface area contributed by atoms with E-state index in [0.717, 1.165) is 0 Å².